The van der Waals surface area contributed by atoms with Crippen LogP contribution in [-0.2, 0) is 0 Å². The van der Waals surface area contributed by atoms with Crippen LogP contribution in [0.25, 0.3) is 17.8 Å². The molecule has 0 saturated carbocycles. The molecule has 3 nitrogen and oxygen atoms in total. The third-order valence-electron chi connectivity index (χ3n) is 7.98. The van der Waals surface area contributed by atoms with Crippen LogP contribution in [0.15, 0.2) is 59.3 Å². The Morgan fingerprint density at radius 1 is 1.17 bits per heavy atom. The van der Waals surface area contributed by atoms with Crippen molar-refractivity contribution in [3.05, 3.63) is 75.3 Å². The Balaban J connectivity index is 1.72. The summed E-state index contributed by atoms with van der Waals surface area (Å²) in [4.78, 5) is 2.44. The molecule has 2 aliphatic rings. The van der Waals surface area contributed by atoms with Crippen molar-refractivity contribution in [1.29, 1.82) is 5.26 Å². The van der Waals surface area contributed by atoms with Gasteiger partial charge in [-0.3, -0.25) is 0 Å². The zero-order chi connectivity index (χ0) is 26.1. The van der Waals surface area contributed by atoms with Crippen molar-refractivity contribution in [2.24, 2.45) is 11.8 Å². The molecule has 1 aromatic rings. The Kier molecular flexibility index (Phi) is 10.2. The lowest BCUT2D eigenvalue weighted by Gasteiger charge is -2.21. The Bertz CT molecular complexity index is 1180. The van der Waals surface area contributed by atoms with Crippen LogP contribution in [0.2, 0.25) is 0 Å². The van der Waals surface area contributed by atoms with E-state index in [2.05, 4.69) is 100 Å². The summed E-state index contributed by atoms with van der Waals surface area (Å²) in [5.41, 5.74) is 6.21. The first-order valence-corrected chi connectivity index (χ1v) is 13.9. The van der Waals surface area contributed by atoms with Crippen LogP contribution in [0.5, 0.6) is 0 Å². The molecule has 1 aromatic carbocycles. The first-order chi connectivity index (χ1) is 17.4. The SMILES string of the molecule is C=C(NCC(CC)CC(C)CC)/C(C#N)=C(\C)C1=CC=C(c2ccc(=C/C)/c(=C\N3CCCC3)c2)C1. The highest BCUT2D eigenvalue weighted by molar-refractivity contribution is 5.75. The van der Waals surface area contributed by atoms with Crippen LogP contribution < -0.4 is 15.8 Å². The highest BCUT2D eigenvalue weighted by atomic mass is 15.1. The van der Waals surface area contributed by atoms with Gasteiger partial charge in [-0.25, -0.2) is 0 Å². The van der Waals surface area contributed by atoms with Crippen LogP contribution in [0.1, 0.15) is 78.7 Å². The van der Waals surface area contributed by atoms with Gasteiger partial charge in [-0.15, -0.1) is 0 Å². The molecule has 1 aliphatic heterocycles. The normalized spacial score (nSPS) is 18.9. The van der Waals surface area contributed by atoms with Crippen molar-refractivity contribution in [3.63, 3.8) is 0 Å². The molecule has 2 unspecified atom stereocenters. The van der Waals surface area contributed by atoms with Crippen molar-refractivity contribution in [2.75, 3.05) is 19.6 Å². The quantitative estimate of drug-likeness (QED) is 0.291. The lowest BCUT2D eigenvalue weighted by molar-refractivity contribution is 0.366. The Morgan fingerprint density at radius 3 is 2.56 bits per heavy atom. The standard InChI is InChI=1S/C33H45N3/c1-7-24(4)18-27(8-2)22-35-26(6)33(21-34)25(5)29-13-15-30(19-29)31-14-12-28(9-3)32(20-31)23-36-16-10-11-17-36/h9,12-15,20,23-24,27,35H,6-8,10-11,16-19,22H2,1-5H3/b28-9-,32-23-,33-25+. The zero-order valence-electron chi connectivity index (χ0n) is 23.2. The molecule has 36 heavy (non-hydrogen) atoms. The van der Waals surface area contributed by atoms with Gasteiger partial charge in [-0.05, 0) is 90.2 Å². The molecule has 192 valence electrons. The van der Waals surface area contributed by atoms with Crippen LogP contribution in [0, 0.1) is 23.2 Å². The minimum absolute atomic E-state index is 0.603. The average Bonchev–Trinajstić information content (AvgIpc) is 3.59. The van der Waals surface area contributed by atoms with Gasteiger partial charge in [0.2, 0.25) is 0 Å². The van der Waals surface area contributed by atoms with E-state index < -0.39 is 0 Å². The minimum Gasteiger partial charge on any atom is -0.384 e. The van der Waals surface area contributed by atoms with Crippen molar-refractivity contribution >= 4 is 17.8 Å². The van der Waals surface area contributed by atoms with Crippen molar-refractivity contribution in [3.8, 4) is 6.07 Å². The highest BCUT2D eigenvalue weighted by Crippen LogP contribution is 2.33. The number of nitriles is 1. The van der Waals surface area contributed by atoms with Crippen LogP contribution in [0.4, 0.5) is 0 Å². The minimum atomic E-state index is 0.603. The van der Waals surface area contributed by atoms with E-state index in [4.69, 9.17) is 0 Å². The fraction of sp³-hybridized carbons (Fsp3) is 0.485. The molecule has 0 bridgehead atoms. The van der Waals surface area contributed by atoms with E-state index in [1.807, 2.05) is 0 Å². The first kappa shape index (κ1) is 27.6. The first-order valence-electron chi connectivity index (χ1n) is 13.9. The van der Waals surface area contributed by atoms with Crippen molar-refractivity contribution in [1.82, 2.24) is 10.2 Å². The number of rotatable bonds is 11. The molecule has 3 heteroatoms. The second-order valence-electron chi connectivity index (χ2n) is 10.6. The Morgan fingerprint density at radius 2 is 1.92 bits per heavy atom. The molecule has 0 aromatic heterocycles. The third-order valence-corrected chi connectivity index (χ3v) is 7.98. The maximum atomic E-state index is 9.98. The number of allylic oxidation sites excluding steroid dienone is 6. The monoisotopic (exact) mass is 483 g/mol. The molecule has 0 amide bonds. The molecule has 3 rings (SSSR count). The summed E-state index contributed by atoms with van der Waals surface area (Å²) in [5.74, 6) is 1.33. The highest BCUT2D eigenvalue weighted by Gasteiger charge is 2.18. The number of benzene rings is 1. The van der Waals surface area contributed by atoms with Gasteiger partial charge in [0.1, 0.15) is 6.07 Å². The Hall–Kier alpha value is -2.99. The molecule has 1 saturated heterocycles. The van der Waals surface area contributed by atoms with Crippen molar-refractivity contribution < 1.29 is 0 Å². The van der Waals surface area contributed by atoms with Gasteiger partial charge in [0.05, 0.1) is 5.57 Å². The molecule has 1 fully saturated rings. The van der Waals surface area contributed by atoms with Gasteiger partial charge in [0.15, 0.2) is 0 Å². The molecule has 1 heterocycles. The lowest BCUT2D eigenvalue weighted by Crippen LogP contribution is -2.28. The number of nitrogens with zero attached hydrogens (tertiary/aromatic N) is 2. The number of hydrogen-bond donors (Lipinski definition) is 1. The van der Waals surface area contributed by atoms with Crippen molar-refractivity contribution in [2.45, 2.75) is 73.1 Å². The second-order valence-corrected chi connectivity index (χ2v) is 10.6. The third kappa shape index (κ3) is 7.03. The maximum absolute atomic E-state index is 9.98. The number of likely N-dealkylation sites (tertiary alicyclic amines) is 1. The topological polar surface area (TPSA) is 39.1 Å². The summed E-state index contributed by atoms with van der Waals surface area (Å²) in [6.45, 7) is 18.4. The van der Waals surface area contributed by atoms with Gasteiger partial charge in [0.25, 0.3) is 0 Å². The summed E-state index contributed by atoms with van der Waals surface area (Å²) >= 11 is 0. The fourth-order valence-corrected chi connectivity index (χ4v) is 5.22. The van der Waals surface area contributed by atoms with Gasteiger partial charge in [-0.2, -0.15) is 5.26 Å². The predicted octanol–water partition coefficient (Wildman–Crippen LogP) is 6.44. The zero-order valence-corrected chi connectivity index (χ0v) is 23.2. The number of hydrogen-bond acceptors (Lipinski definition) is 3. The van der Waals surface area contributed by atoms with Crippen LogP contribution in [0.3, 0.4) is 0 Å². The van der Waals surface area contributed by atoms with E-state index in [9.17, 15) is 5.26 Å². The maximum Gasteiger partial charge on any atom is 0.102 e. The largest absolute Gasteiger partial charge is 0.384 e. The molecule has 1 aliphatic carbocycles. The van der Waals surface area contributed by atoms with E-state index in [0.717, 1.165) is 49.7 Å². The molecular weight excluding hydrogens is 438 g/mol. The Labute approximate surface area is 219 Å². The summed E-state index contributed by atoms with van der Waals surface area (Å²) in [5, 5.41) is 16.0. The molecule has 0 radical (unpaired) electrons. The second kappa shape index (κ2) is 13.4. The summed E-state index contributed by atoms with van der Waals surface area (Å²) in [6.07, 6.45) is 15.9. The summed E-state index contributed by atoms with van der Waals surface area (Å²) < 4.78 is 0. The van der Waals surface area contributed by atoms with E-state index >= 15 is 0 Å². The van der Waals surface area contributed by atoms with E-state index in [1.54, 1.807) is 0 Å². The van der Waals surface area contributed by atoms with Gasteiger partial charge < -0.3 is 10.2 Å². The summed E-state index contributed by atoms with van der Waals surface area (Å²) in [7, 11) is 0. The van der Waals surface area contributed by atoms with Gasteiger partial charge in [0, 0.05) is 31.5 Å². The molecule has 1 N–H and O–H groups in total. The van der Waals surface area contributed by atoms with Crippen LogP contribution in [-0.4, -0.2) is 24.5 Å². The average molecular weight is 484 g/mol. The molecular formula is C33H45N3. The summed E-state index contributed by atoms with van der Waals surface area (Å²) in [6, 6.07) is 9.21. The number of nitrogens with one attached hydrogen (secondary N) is 1. The van der Waals surface area contributed by atoms with E-state index in [1.165, 1.54) is 52.8 Å². The van der Waals surface area contributed by atoms with E-state index in [0.29, 0.717) is 11.5 Å². The fourth-order valence-electron chi connectivity index (χ4n) is 5.22. The smallest absolute Gasteiger partial charge is 0.102 e. The van der Waals surface area contributed by atoms with E-state index in [-0.39, 0.29) is 0 Å². The van der Waals surface area contributed by atoms with Gasteiger partial charge >= 0.3 is 0 Å². The van der Waals surface area contributed by atoms with Crippen LogP contribution >= 0.6 is 0 Å². The molecule has 2 atom stereocenters. The van der Waals surface area contributed by atoms with Gasteiger partial charge in [-0.1, -0.05) is 70.6 Å². The predicted molar refractivity (Wildman–Crippen MR) is 155 cm³/mol. The lowest BCUT2D eigenvalue weighted by atomic mass is 9.91. The molecule has 0 spiro atoms.